The second-order valence-electron chi connectivity index (χ2n) is 7.32. The largest absolute Gasteiger partial charge is 0.355 e. The van der Waals surface area contributed by atoms with Gasteiger partial charge in [-0.1, -0.05) is 60.7 Å². The highest BCUT2D eigenvalue weighted by Gasteiger charge is 2.22. The van der Waals surface area contributed by atoms with E-state index in [-0.39, 0.29) is 29.9 Å². The maximum atomic E-state index is 4.55. The normalized spacial score (nSPS) is 14.3. The van der Waals surface area contributed by atoms with Crippen LogP contribution in [0.2, 0.25) is 0 Å². The molecule has 0 spiro atoms. The summed E-state index contributed by atoms with van der Waals surface area (Å²) in [6, 6.07) is 23.2. The minimum atomic E-state index is 0. The molecule has 0 atom stereocenters. The van der Waals surface area contributed by atoms with Crippen LogP contribution in [0.25, 0.3) is 0 Å². The van der Waals surface area contributed by atoms with E-state index < -0.39 is 0 Å². The number of guanidine groups is 1. The number of aromatic nitrogens is 2. The summed E-state index contributed by atoms with van der Waals surface area (Å²) < 4.78 is 0. The molecule has 2 aromatic carbocycles. The van der Waals surface area contributed by atoms with Crippen LogP contribution in [-0.2, 0) is 0 Å². The van der Waals surface area contributed by atoms with Gasteiger partial charge in [0.15, 0.2) is 5.96 Å². The van der Waals surface area contributed by atoms with Gasteiger partial charge < -0.3 is 15.1 Å². The zero-order valence-corrected chi connectivity index (χ0v) is 20.1. The molecule has 1 aliphatic heterocycles. The van der Waals surface area contributed by atoms with Crippen molar-refractivity contribution in [3.05, 3.63) is 90.3 Å². The first-order chi connectivity index (χ1) is 14.8. The molecule has 3 aromatic rings. The molecule has 0 aliphatic carbocycles. The van der Waals surface area contributed by atoms with E-state index in [1.54, 1.807) is 12.4 Å². The first-order valence-electron chi connectivity index (χ1n) is 10.4. The predicted octanol–water partition coefficient (Wildman–Crippen LogP) is 3.62. The Morgan fingerprint density at radius 1 is 0.871 bits per heavy atom. The van der Waals surface area contributed by atoms with E-state index in [1.165, 1.54) is 11.1 Å². The van der Waals surface area contributed by atoms with Gasteiger partial charge >= 0.3 is 0 Å². The highest BCUT2D eigenvalue weighted by atomic mass is 127. The third kappa shape index (κ3) is 5.94. The van der Waals surface area contributed by atoms with Crippen molar-refractivity contribution in [1.29, 1.82) is 0 Å². The SMILES string of the molecule is CN=C(NCC(c1ccccc1)c1ccccc1)N1CCN(c2ncccn2)CC1.I. The van der Waals surface area contributed by atoms with Crippen LogP contribution in [0.3, 0.4) is 0 Å². The summed E-state index contributed by atoms with van der Waals surface area (Å²) in [5, 5.41) is 3.62. The van der Waals surface area contributed by atoms with Crippen LogP contribution in [0, 0.1) is 0 Å². The van der Waals surface area contributed by atoms with Crippen molar-refractivity contribution in [3.63, 3.8) is 0 Å². The fraction of sp³-hybridized carbons (Fsp3) is 0.292. The van der Waals surface area contributed by atoms with E-state index in [2.05, 4.69) is 90.7 Å². The van der Waals surface area contributed by atoms with Crippen LogP contribution in [0.5, 0.6) is 0 Å². The van der Waals surface area contributed by atoms with E-state index in [9.17, 15) is 0 Å². The van der Waals surface area contributed by atoms with Crippen LogP contribution >= 0.6 is 24.0 Å². The number of nitrogens with zero attached hydrogens (tertiary/aromatic N) is 5. The summed E-state index contributed by atoms with van der Waals surface area (Å²) in [4.78, 5) is 17.8. The molecule has 0 bridgehead atoms. The number of hydrogen-bond donors (Lipinski definition) is 1. The molecule has 0 radical (unpaired) electrons. The summed E-state index contributed by atoms with van der Waals surface area (Å²) >= 11 is 0. The van der Waals surface area contributed by atoms with E-state index in [0.29, 0.717) is 0 Å². The molecular formula is C24H29IN6. The first-order valence-corrected chi connectivity index (χ1v) is 10.4. The molecule has 6 nitrogen and oxygen atoms in total. The minimum Gasteiger partial charge on any atom is -0.355 e. The van der Waals surface area contributed by atoms with Gasteiger partial charge in [-0.05, 0) is 17.2 Å². The number of anilines is 1. The number of halogens is 1. The van der Waals surface area contributed by atoms with E-state index >= 15 is 0 Å². The quantitative estimate of drug-likeness (QED) is 0.312. The Kier molecular flexibility index (Phi) is 8.63. The van der Waals surface area contributed by atoms with E-state index in [1.807, 2.05) is 13.1 Å². The number of piperazine rings is 1. The number of aliphatic imine (C=N–C) groups is 1. The van der Waals surface area contributed by atoms with Crippen molar-refractivity contribution in [2.75, 3.05) is 44.7 Å². The first kappa shape index (κ1) is 23.0. The average molecular weight is 528 g/mol. The molecule has 1 fully saturated rings. The predicted molar refractivity (Wildman–Crippen MR) is 137 cm³/mol. The number of hydrogen-bond acceptors (Lipinski definition) is 4. The minimum absolute atomic E-state index is 0. The van der Waals surface area contributed by atoms with E-state index in [4.69, 9.17) is 0 Å². The molecular weight excluding hydrogens is 499 g/mol. The van der Waals surface area contributed by atoms with Gasteiger partial charge in [0.05, 0.1) is 0 Å². The topological polar surface area (TPSA) is 56.7 Å². The number of benzene rings is 2. The summed E-state index contributed by atoms with van der Waals surface area (Å²) in [5.41, 5.74) is 2.61. The van der Waals surface area contributed by atoms with Crippen LogP contribution in [0.4, 0.5) is 5.95 Å². The van der Waals surface area contributed by atoms with Crippen molar-refractivity contribution in [3.8, 4) is 0 Å². The van der Waals surface area contributed by atoms with Crippen molar-refractivity contribution in [1.82, 2.24) is 20.2 Å². The molecule has 2 heterocycles. The van der Waals surface area contributed by atoms with Gasteiger partial charge in [-0.3, -0.25) is 4.99 Å². The van der Waals surface area contributed by atoms with Crippen molar-refractivity contribution in [2.24, 2.45) is 4.99 Å². The molecule has 31 heavy (non-hydrogen) atoms. The third-order valence-corrected chi connectivity index (χ3v) is 5.49. The Bertz CT molecular complexity index is 889. The van der Waals surface area contributed by atoms with Gasteiger partial charge in [-0.2, -0.15) is 0 Å². The smallest absolute Gasteiger partial charge is 0.225 e. The lowest BCUT2D eigenvalue weighted by Gasteiger charge is -2.36. The van der Waals surface area contributed by atoms with Gasteiger partial charge in [0.2, 0.25) is 5.95 Å². The zero-order chi connectivity index (χ0) is 20.6. The van der Waals surface area contributed by atoms with Crippen LogP contribution in [0.1, 0.15) is 17.0 Å². The Morgan fingerprint density at radius 2 is 1.42 bits per heavy atom. The van der Waals surface area contributed by atoms with Crippen LogP contribution in [0.15, 0.2) is 84.1 Å². The summed E-state index contributed by atoms with van der Waals surface area (Å²) in [6.07, 6.45) is 3.59. The van der Waals surface area contributed by atoms with Crippen LogP contribution < -0.4 is 10.2 Å². The Balaban J connectivity index is 0.00000272. The molecule has 7 heteroatoms. The van der Waals surface area contributed by atoms with Crippen molar-refractivity contribution in [2.45, 2.75) is 5.92 Å². The monoisotopic (exact) mass is 528 g/mol. The molecule has 0 amide bonds. The molecule has 0 unspecified atom stereocenters. The van der Waals surface area contributed by atoms with Gasteiger partial charge in [0.25, 0.3) is 0 Å². The molecule has 1 aromatic heterocycles. The number of rotatable bonds is 5. The molecule has 1 aliphatic rings. The van der Waals surface area contributed by atoms with Gasteiger partial charge in [-0.25, -0.2) is 9.97 Å². The Morgan fingerprint density at radius 3 is 1.94 bits per heavy atom. The second-order valence-corrected chi connectivity index (χ2v) is 7.32. The maximum absolute atomic E-state index is 4.55. The lowest BCUT2D eigenvalue weighted by atomic mass is 9.91. The fourth-order valence-corrected chi connectivity index (χ4v) is 3.90. The molecule has 162 valence electrons. The molecule has 0 saturated carbocycles. The van der Waals surface area contributed by atoms with Gasteiger partial charge in [0, 0.05) is 58.1 Å². The van der Waals surface area contributed by atoms with Crippen molar-refractivity contribution < 1.29 is 0 Å². The summed E-state index contributed by atoms with van der Waals surface area (Å²) in [7, 11) is 1.86. The lowest BCUT2D eigenvalue weighted by Crippen LogP contribution is -2.53. The van der Waals surface area contributed by atoms with Crippen molar-refractivity contribution >= 4 is 35.9 Å². The highest BCUT2D eigenvalue weighted by molar-refractivity contribution is 14.0. The standard InChI is InChI=1S/C24H28N6.HI/c1-25-23(29-15-17-30(18-16-29)24-26-13-8-14-27-24)28-19-22(20-9-4-2-5-10-20)21-11-6-3-7-12-21;/h2-14,22H,15-19H2,1H3,(H,25,28);1H. The number of nitrogens with one attached hydrogen (secondary N) is 1. The average Bonchev–Trinajstić information content (AvgIpc) is 2.84. The maximum Gasteiger partial charge on any atom is 0.225 e. The Hall–Kier alpha value is -2.68. The summed E-state index contributed by atoms with van der Waals surface area (Å²) in [6.45, 7) is 4.33. The zero-order valence-electron chi connectivity index (χ0n) is 17.8. The Labute approximate surface area is 201 Å². The molecule has 1 N–H and O–H groups in total. The fourth-order valence-electron chi connectivity index (χ4n) is 3.90. The van der Waals surface area contributed by atoms with Gasteiger partial charge in [0.1, 0.15) is 0 Å². The second kappa shape index (κ2) is 11.6. The summed E-state index contributed by atoms with van der Waals surface area (Å²) in [5.74, 6) is 2.01. The van der Waals surface area contributed by atoms with E-state index in [0.717, 1.165) is 44.6 Å². The lowest BCUT2D eigenvalue weighted by molar-refractivity contribution is 0.369. The third-order valence-electron chi connectivity index (χ3n) is 5.49. The molecule has 1 saturated heterocycles. The highest BCUT2D eigenvalue weighted by Crippen LogP contribution is 2.23. The molecule has 4 rings (SSSR count). The van der Waals surface area contributed by atoms with Gasteiger partial charge in [-0.15, -0.1) is 24.0 Å². The van der Waals surface area contributed by atoms with Crippen LogP contribution in [-0.4, -0.2) is 60.6 Å².